The molecule has 18 heavy (non-hydrogen) atoms. The second-order valence-electron chi connectivity index (χ2n) is 3.74. The summed E-state index contributed by atoms with van der Waals surface area (Å²) < 4.78 is 0.833. The van der Waals surface area contributed by atoms with Crippen molar-refractivity contribution in [2.75, 3.05) is 17.2 Å². The standard InChI is InChI=1S/C13H13BrN2OS/c1-2-16(10-5-3-4-9(15)8-10)13(17)12-11(14)6-7-18-12/h3-8H,2,15H2,1H3. The predicted octanol–water partition coefficient (Wildman–Crippen LogP) is 3.76. The zero-order valence-corrected chi connectivity index (χ0v) is 12.3. The number of hydrogen-bond acceptors (Lipinski definition) is 3. The maximum Gasteiger partial charge on any atom is 0.269 e. The molecule has 5 heteroatoms. The highest BCUT2D eigenvalue weighted by Gasteiger charge is 2.19. The molecule has 0 atom stereocenters. The third kappa shape index (κ3) is 2.57. The normalized spacial score (nSPS) is 10.3. The lowest BCUT2D eigenvalue weighted by Crippen LogP contribution is -2.30. The summed E-state index contributed by atoms with van der Waals surface area (Å²) in [4.78, 5) is 14.9. The largest absolute Gasteiger partial charge is 0.399 e. The molecule has 0 unspecified atom stereocenters. The summed E-state index contributed by atoms with van der Waals surface area (Å²) in [6.45, 7) is 2.55. The number of nitrogens with zero attached hydrogens (tertiary/aromatic N) is 1. The van der Waals surface area contributed by atoms with E-state index in [0.29, 0.717) is 17.1 Å². The first-order valence-corrected chi connectivity index (χ1v) is 7.21. The number of amides is 1. The molecule has 0 saturated heterocycles. The van der Waals surface area contributed by atoms with Crippen LogP contribution in [0, 0.1) is 0 Å². The lowest BCUT2D eigenvalue weighted by molar-refractivity contribution is 0.0991. The van der Waals surface area contributed by atoms with E-state index in [1.807, 2.05) is 42.6 Å². The van der Waals surface area contributed by atoms with E-state index < -0.39 is 0 Å². The quantitative estimate of drug-likeness (QED) is 0.874. The van der Waals surface area contributed by atoms with E-state index in [0.717, 1.165) is 10.2 Å². The Morgan fingerprint density at radius 1 is 1.44 bits per heavy atom. The minimum absolute atomic E-state index is 0.00928. The van der Waals surface area contributed by atoms with Gasteiger partial charge in [-0.15, -0.1) is 11.3 Å². The van der Waals surface area contributed by atoms with Crippen LogP contribution in [0.25, 0.3) is 0 Å². The van der Waals surface area contributed by atoms with Crippen molar-refractivity contribution in [2.24, 2.45) is 0 Å². The minimum Gasteiger partial charge on any atom is -0.399 e. The lowest BCUT2D eigenvalue weighted by Gasteiger charge is -2.20. The third-order valence-corrected chi connectivity index (χ3v) is 4.38. The maximum absolute atomic E-state index is 12.4. The fraction of sp³-hybridized carbons (Fsp3) is 0.154. The fourth-order valence-corrected chi connectivity index (χ4v) is 3.19. The van der Waals surface area contributed by atoms with Gasteiger partial charge in [-0.25, -0.2) is 0 Å². The van der Waals surface area contributed by atoms with Crippen LogP contribution in [0.3, 0.4) is 0 Å². The third-order valence-electron chi connectivity index (χ3n) is 2.55. The van der Waals surface area contributed by atoms with E-state index in [9.17, 15) is 4.79 Å². The highest BCUT2D eigenvalue weighted by atomic mass is 79.9. The van der Waals surface area contributed by atoms with Crippen molar-refractivity contribution in [3.8, 4) is 0 Å². The van der Waals surface area contributed by atoms with Crippen molar-refractivity contribution < 1.29 is 4.79 Å². The molecule has 2 aromatic rings. The summed E-state index contributed by atoms with van der Waals surface area (Å²) in [5, 5.41) is 1.89. The first-order valence-electron chi connectivity index (χ1n) is 5.54. The molecule has 3 nitrogen and oxygen atoms in total. The smallest absolute Gasteiger partial charge is 0.269 e. The molecule has 2 rings (SSSR count). The van der Waals surface area contributed by atoms with E-state index in [2.05, 4.69) is 15.9 Å². The Morgan fingerprint density at radius 3 is 2.78 bits per heavy atom. The number of nitrogens with two attached hydrogens (primary N) is 1. The van der Waals surface area contributed by atoms with Gasteiger partial charge < -0.3 is 10.6 Å². The average Bonchev–Trinajstić information content (AvgIpc) is 2.76. The van der Waals surface area contributed by atoms with Gasteiger partial charge in [0.2, 0.25) is 0 Å². The van der Waals surface area contributed by atoms with E-state index in [4.69, 9.17) is 5.73 Å². The summed E-state index contributed by atoms with van der Waals surface area (Å²) in [7, 11) is 0. The average molecular weight is 325 g/mol. The number of carbonyl (C=O) groups is 1. The van der Waals surface area contributed by atoms with Crippen LogP contribution in [-0.2, 0) is 0 Å². The summed E-state index contributed by atoms with van der Waals surface area (Å²) in [6.07, 6.45) is 0. The number of carbonyl (C=O) groups excluding carboxylic acids is 1. The van der Waals surface area contributed by atoms with E-state index in [1.165, 1.54) is 11.3 Å². The van der Waals surface area contributed by atoms with Crippen LogP contribution in [0.5, 0.6) is 0 Å². The van der Waals surface area contributed by atoms with E-state index in [1.54, 1.807) is 4.90 Å². The summed E-state index contributed by atoms with van der Waals surface area (Å²) in [5.74, 6) is -0.00928. The molecule has 1 aromatic heterocycles. The van der Waals surface area contributed by atoms with Gasteiger partial charge in [-0.05, 0) is 52.5 Å². The van der Waals surface area contributed by atoms with Crippen LogP contribution in [0.1, 0.15) is 16.6 Å². The topological polar surface area (TPSA) is 46.3 Å². The molecule has 1 heterocycles. The Bertz CT molecular complexity index is 568. The van der Waals surface area contributed by atoms with Gasteiger partial charge in [-0.3, -0.25) is 4.79 Å². The lowest BCUT2D eigenvalue weighted by atomic mass is 10.2. The van der Waals surface area contributed by atoms with Crippen LogP contribution in [0.2, 0.25) is 0 Å². The molecule has 0 fully saturated rings. The number of rotatable bonds is 3. The highest BCUT2D eigenvalue weighted by Crippen LogP contribution is 2.27. The van der Waals surface area contributed by atoms with Crippen molar-refractivity contribution in [2.45, 2.75) is 6.92 Å². The van der Waals surface area contributed by atoms with Gasteiger partial charge in [0, 0.05) is 22.4 Å². The van der Waals surface area contributed by atoms with Crippen molar-refractivity contribution >= 4 is 44.5 Å². The number of hydrogen-bond donors (Lipinski definition) is 1. The van der Waals surface area contributed by atoms with E-state index in [-0.39, 0.29) is 5.91 Å². The number of benzene rings is 1. The molecule has 0 spiro atoms. The molecule has 0 saturated carbocycles. The molecule has 94 valence electrons. The molecule has 0 aliphatic carbocycles. The van der Waals surface area contributed by atoms with Crippen LogP contribution < -0.4 is 10.6 Å². The van der Waals surface area contributed by atoms with Gasteiger partial charge in [-0.2, -0.15) is 0 Å². The fourth-order valence-electron chi connectivity index (χ4n) is 1.71. The molecule has 2 N–H and O–H groups in total. The van der Waals surface area contributed by atoms with Gasteiger partial charge in [0.05, 0.1) is 0 Å². The predicted molar refractivity (Wildman–Crippen MR) is 80.2 cm³/mol. The number of halogens is 1. The van der Waals surface area contributed by atoms with Crippen LogP contribution in [0.4, 0.5) is 11.4 Å². The van der Waals surface area contributed by atoms with Gasteiger partial charge in [0.25, 0.3) is 5.91 Å². The number of anilines is 2. The summed E-state index contributed by atoms with van der Waals surface area (Å²) in [6, 6.07) is 9.24. The Morgan fingerprint density at radius 2 is 2.22 bits per heavy atom. The second kappa shape index (κ2) is 5.54. The zero-order chi connectivity index (χ0) is 13.1. The second-order valence-corrected chi connectivity index (χ2v) is 5.51. The van der Waals surface area contributed by atoms with Crippen LogP contribution >= 0.6 is 27.3 Å². The van der Waals surface area contributed by atoms with Gasteiger partial charge in [0.15, 0.2) is 0 Å². The first kappa shape index (κ1) is 13.1. The summed E-state index contributed by atoms with van der Waals surface area (Å²) in [5.41, 5.74) is 7.23. The number of thiophene rings is 1. The van der Waals surface area contributed by atoms with Crippen molar-refractivity contribution in [3.05, 3.63) is 45.1 Å². The van der Waals surface area contributed by atoms with Crippen LogP contribution in [-0.4, -0.2) is 12.5 Å². The molecule has 1 amide bonds. The summed E-state index contributed by atoms with van der Waals surface area (Å²) >= 11 is 4.82. The van der Waals surface area contributed by atoms with Gasteiger partial charge in [-0.1, -0.05) is 6.07 Å². The van der Waals surface area contributed by atoms with E-state index >= 15 is 0 Å². The monoisotopic (exact) mass is 324 g/mol. The molecule has 0 radical (unpaired) electrons. The Hall–Kier alpha value is -1.33. The molecule has 0 aliphatic rings. The molecular weight excluding hydrogens is 312 g/mol. The molecule has 0 aliphatic heterocycles. The molecule has 0 bridgehead atoms. The SMILES string of the molecule is CCN(C(=O)c1sccc1Br)c1cccc(N)c1. The molecular formula is C13H13BrN2OS. The number of nitrogen functional groups attached to an aromatic ring is 1. The van der Waals surface area contributed by atoms with Crippen molar-refractivity contribution in [1.29, 1.82) is 0 Å². The Balaban J connectivity index is 2.35. The van der Waals surface area contributed by atoms with Crippen LogP contribution in [0.15, 0.2) is 40.2 Å². The van der Waals surface area contributed by atoms with Crippen molar-refractivity contribution in [3.63, 3.8) is 0 Å². The van der Waals surface area contributed by atoms with Gasteiger partial charge in [0.1, 0.15) is 4.88 Å². The highest BCUT2D eigenvalue weighted by molar-refractivity contribution is 9.10. The van der Waals surface area contributed by atoms with Crippen molar-refractivity contribution in [1.82, 2.24) is 0 Å². The molecule has 1 aromatic carbocycles. The van der Waals surface area contributed by atoms with Gasteiger partial charge >= 0.3 is 0 Å². The first-order chi connectivity index (χ1) is 8.63. The maximum atomic E-state index is 12.4. The Kier molecular flexibility index (Phi) is 4.04. The zero-order valence-electron chi connectivity index (χ0n) is 9.89. The Labute approximate surface area is 118 Å². The minimum atomic E-state index is -0.00928.